The van der Waals surface area contributed by atoms with Crippen molar-refractivity contribution in [3.63, 3.8) is 0 Å². The number of halogens is 1. The minimum atomic E-state index is -0.963. The Balaban J connectivity index is 1.53. The van der Waals surface area contributed by atoms with Gasteiger partial charge in [0, 0.05) is 17.4 Å². The number of benzene rings is 2. The molecule has 0 unspecified atom stereocenters. The number of carbonyl (C=O) groups is 1. The molecular formula is C20H14FN5O3S2. The van der Waals surface area contributed by atoms with Crippen LogP contribution in [0.2, 0.25) is 0 Å². The van der Waals surface area contributed by atoms with Crippen LogP contribution >= 0.6 is 23.1 Å². The monoisotopic (exact) mass is 455 g/mol. The zero-order valence-corrected chi connectivity index (χ0v) is 17.4. The first-order chi connectivity index (χ1) is 15.0. The largest absolute Gasteiger partial charge is 0.325 e. The van der Waals surface area contributed by atoms with Crippen LogP contribution in [0.15, 0.2) is 71.2 Å². The van der Waals surface area contributed by atoms with Crippen molar-refractivity contribution in [1.82, 2.24) is 14.8 Å². The van der Waals surface area contributed by atoms with Crippen LogP contribution in [0.3, 0.4) is 0 Å². The molecule has 1 N–H and O–H groups in total. The van der Waals surface area contributed by atoms with Crippen molar-refractivity contribution in [3.05, 3.63) is 82.0 Å². The van der Waals surface area contributed by atoms with Crippen molar-refractivity contribution in [2.45, 2.75) is 5.16 Å². The number of carbonyl (C=O) groups excluding carboxylic acids is 1. The summed E-state index contributed by atoms with van der Waals surface area (Å²) >= 11 is 2.71. The molecule has 0 aliphatic heterocycles. The quantitative estimate of drug-likeness (QED) is 0.245. The summed E-state index contributed by atoms with van der Waals surface area (Å²) in [5, 5.41) is 24.4. The van der Waals surface area contributed by atoms with E-state index in [-0.39, 0.29) is 11.4 Å². The molecule has 1 amide bonds. The van der Waals surface area contributed by atoms with E-state index in [9.17, 15) is 19.3 Å². The Morgan fingerprint density at radius 2 is 1.97 bits per heavy atom. The maximum Gasteiger partial charge on any atom is 0.306 e. The van der Waals surface area contributed by atoms with E-state index in [1.807, 2.05) is 52.4 Å². The summed E-state index contributed by atoms with van der Waals surface area (Å²) in [7, 11) is 0. The Morgan fingerprint density at radius 3 is 2.68 bits per heavy atom. The van der Waals surface area contributed by atoms with E-state index in [0.717, 1.165) is 22.7 Å². The molecule has 31 heavy (non-hydrogen) atoms. The van der Waals surface area contributed by atoms with Gasteiger partial charge in [0.15, 0.2) is 11.0 Å². The minimum absolute atomic E-state index is 0.0133. The van der Waals surface area contributed by atoms with Gasteiger partial charge < -0.3 is 5.32 Å². The highest BCUT2D eigenvalue weighted by Gasteiger charge is 2.19. The summed E-state index contributed by atoms with van der Waals surface area (Å²) in [6.07, 6.45) is 0. The van der Waals surface area contributed by atoms with Crippen LogP contribution in [0.1, 0.15) is 0 Å². The van der Waals surface area contributed by atoms with Crippen molar-refractivity contribution in [1.29, 1.82) is 0 Å². The average molecular weight is 455 g/mol. The third kappa shape index (κ3) is 4.62. The second-order valence-corrected chi connectivity index (χ2v) is 8.10. The molecule has 0 radical (unpaired) electrons. The van der Waals surface area contributed by atoms with Crippen LogP contribution in [0.25, 0.3) is 16.4 Å². The lowest BCUT2D eigenvalue weighted by molar-refractivity contribution is -0.387. The van der Waals surface area contributed by atoms with Crippen molar-refractivity contribution in [3.8, 4) is 16.4 Å². The summed E-state index contributed by atoms with van der Waals surface area (Å²) in [4.78, 5) is 23.4. The molecule has 0 aliphatic rings. The Bertz CT molecular complexity index is 1230. The molecule has 0 spiro atoms. The standard InChI is InChI=1S/C20H14FN5O3S2/c21-15-9-8-13(11-16(15)26(28)29)22-18(27)12-31-20-24-23-19(17-7-4-10-30-17)25(20)14-5-2-1-3-6-14/h1-11H,12H2,(H,22,27). The second kappa shape index (κ2) is 9.06. The summed E-state index contributed by atoms with van der Waals surface area (Å²) in [6.45, 7) is 0. The van der Waals surface area contributed by atoms with Gasteiger partial charge >= 0.3 is 5.69 Å². The number of hydrogen-bond donors (Lipinski definition) is 1. The number of thioether (sulfide) groups is 1. The first-order valence-corrected chi connectivity index (χ1v) is 10.8. The Hall–Kier alpha value is -3.57. The Morgan fingerprint density at radius 1 is 1.16 bits per heavy atom. The fourth-order valence-corrected chi connectivity index (χ4v) is 4.25. The van der Waals surface area contributed by atoms with Crippen LogP contribution in [0, 0.1) is 15.9 Å². The van der Waals surface area contributed by atoms with Crippen molar-refractivity contribution >= 4 is 40.4 Å². The Kier molecular flexibility index (Phi) is 6.05. The summed E-state index contributed by atoms with van der Waals surface area (Å²) in [6, 6.07) is 16.6. The van der Waals surface area contributed by atoms with Crippen LogP contribution in [-0.2, 0) is 4.79 Å². The van der Waals surface area contributed by atoms with E-state index in [1.165, 1.54) is 29.2 Å². The highest BCUT2D eigenvalue weighted by atomic mass is 32.2. The van der Waals surface area contributed by atoms with Gasteiger partial charge in [-0.25, -0.2) is 0 Å². The molecule has 8 nitrogen and oxygen atoms in total. The number of para-hydroxylation sites is 1. The van der Waals surface area contributed by atoms with E-state index in [1.54, 1.807) is 0 Å². The maximum atomic E-state index is 13.5. The molecule has 156 valence electrons. The van der Waals surface area contributed by atoms with Gasteiger partial charge in [-0.2, -0.15) is 4.39 Å². The number of nitrogens with zero attached hydrogens (tertiary/aromatic N) is 4. The summed E-state index contributed by atoms with van der Waals surface area (Å²) < 4.78 is 15.3. The van der Waals surface area contributed by atoms with Gasteiger partial charge in [0.25, 0.3) is 0 Å². The van der Waals surface area contributed by atoms with Crippen LogP contribution in [-0.4, -0.2) is 31.3 Å². The highest BCUT2D eigenvalue weighted by molar-refractivity contribution is 7.99. The van der Waals surface area contributed by atoms with Crippen molar-refractivity contribution < 1.29 is 14.1 Å². The van der Waals surface area contributed by atoms with Gasteiger partial charge in [-0.1, -0.05) is 36.0 Å². The van der Waals surface area contributed by atoms with E-state index < -0.39 is 22.3 Å². The van der Waals surface area contributed by atoms with Gasteiger partial charge in [-0.15, -0.1) is 21.5 Å². The molecule has 2 heterocycles. The summed E-state index contributed by atoms with van der Waals surface area (Å²) in [5.74, 6) is -0.723. The van der Waals surface area contributed by atoms with E-state index in [0.29, 0.717) is 11.0 Å². The van der Waals surface area contributed by atoms with E-state index in [4.69, 9.17) is 0 Å². The third-order valence-electron chi connectivity index (χ3n) is 4.15. The number of anilines is 1. The number of hydrogen-bond acceptors (Lipinski definition) is 7. The molecule has 0 bridgehead atoms. The third-order valence-corrected chi connectivity index (χ3v) is 5.94. The molecule has 0 saturated heterocycles. The molecule has 4 aromatic rings. The number of aromatic nitrogens is 3. The maximum absolute atomic E-state index is 13.5. The lowest BCUT2D eigenvalue weighted by atomic mass is 10.2. The lowest BCUT2D eigenvalue weighted by Crippen LogP contribution is -2.15. The molecule has 0 aliphatic carbocycles. The first-order valence-electron chi connectivity index (χ1n) is 8.94. The fourth-order valence-electron chi connectivity index (χ4n) is 2.80. The number of nitro groups is 1. The smallest absolute Gasteiger partial charge is 0.306 e. The van der Waals surface area contributed by atoms with Crippen LogP contribution in [0.4, 0.5) is 15.8 Å². The molecule has 2 aromatic carbocycles. The molecule has 2 aromatic heterocycles. The molecule has 11 heteroatoms. The number of nitrogens with one attached hydrogen (secondary N) is 1. The second-order valence-electron chi connectivity index (χ2n) is 6.21. The molecule has 4 rings (SSSR count). The van der Waals surface area contributed by atoms with E-state index in [2.05, 4.69) is 15.5 Å². The van der Waals surface area contributed by atoms with Crippen LogP contribution < -0.4 is 5.32 Å². The van der Waals surface area contributed by atoms with Crippen molar-refractivity contribution in [2.24, 2.45) is 0 Å². The average Bonchev–Trinajstić information content (AvgIpc) is 3.43. The normalized spacial score (nSPS) is 10.7. The van der Waals surface area contributed by atoms with Crippen LogP contribution in [0.5, 0.6) is 0 Å². The van der Waals surface area contributed by atoms with Gasteiger partial charge in [-0.3, -0.25) is 19.5 Å². The highest BCUT2D eigenvalue weighted by Crippen LogP contribution is 2.30. The van der Waals surface area contributed by atoms with Crippen molar-refractivity contribution in [2.75, 3.05) is 11.1 Å². The summed E-state index contributed by atoms with van der Waals surface area (Å²) in [5.41, 5.74) is 0.297. The number of nitro benzene ring substituents is 1. The lowest BCUT2D eigenvalue weighted by Gasteiger charge is -2.09. The predicted octanol–water partition coefficient (Wildman–Crippen LogP) is 4.77. The topological polar surface area (TPSA) is 103 Å². The zero-order chi connectivity index (χ0) is 21.8. The predicted molar refractivity (Wildman–Crippen MR) is 117 cm³/mol. The number of thiophene rings is 1. The fraction of sp³-hybridized carbons (Fsp3) is 0.0500. The molecule has 0 saturated carbocycles. The minimum Gasteiger partial charge on any atom is -0.325 e. The Labute approximate surface area is 183 Å². The van der Waals surface area contributed by atoms with Gasteiger partial charge in [-0.05, 0) is 35.7 Å². The first kappa shape index (κ1) is 20.7. The van der Waals surface area contributed by atoms with E-state index >= 15 is 0 Å². The molecular weight excluding hydrogens is 441 g/mol. The van der Waals surface area contributed by atoms with Gasteiger partial charge in [0.2, 0.25) is 11.7 Å². The molecule has 0 fully saturated rings. The van der Waals surface area contributed by atoms with Gasteiger partial charge in [0.05, 0.1) is 15.6 Å². The van der Waals surface area contributed by atoms with Gasteiger partial charge in [0.1, 0.15) is 0 Å². The number of amides is 1. The zero-order valence-electron chi connectivity index (χ0n) is 15.8. The number of rotatable bonds is 7. The molecule has 0 atom stereocenters. The SMILES string of the molecule is O=C(CSc1nnc(-c2cccs2)n1-c1ccccc1)Nc1ccc(F)c([N+](=O)[O-])c1.